The minimum absolute atomic E-state index is 0.568. The maximum absolute atomic E-state index is 6.50. The predicted octanol–water partition coefficient (Wildman–Crippen LogP) is 6.68. The molecule has 0 radical (unpaired) electrons. The highest BCUT2D eigenvalue weighted by Crippen LogP contribution is 2.23. The highest BCUT2D eigenvalue weighted by atomic mass is 28.5. The monoisotopic (exact) mass is 476 g/mol. The normalized spacial score (nSPS) is 12.9. The van der Waals surface area contributed by atoms with Crippen LogP contribution in [0.5, 0.6) is 0 Å². The van der Waals surface area contributed by atoms with Gasteiger partial charge in [-0.1, -0.05) is 62.4 Å². The summed E-state index contributed by atoms with van der Waals surface area (Å²) in [5, 5.41) is 0. The first-order chi connectivity index (χ1) is 14.4. The van der Waals surface area contributed by atoms with Gasteiger partial charge in [-0.25, -0.2) is 0 Å². The standard InChI is InChI=1S/C24H40O4Si3/c1-9-21-11-15-23(16-12-21)19-25-29(3,4)27-31(7,8)28-30(5,6)26-20-24-17-13-22(10-2)14-18-24/h11-18H,9-10,19-20H2,1-8H3. The molecule has 0 amide bonds. The summed E-state index contributed by atoms with van der Waals surface area (Å²) in [6, 6.07) is 17.2. The molecule has 31 heavy (non-hydrogen) atoms. The molecule has 2 aromatic rings. The van der Waals surface area contributed by atoms with Crippen LogP contribution in [0, 0.1) is 0 Å². The SMILES string of the molecule is CCc1ccc(CO[Si](C)(C)O[Si](C)(C)O[Si](C)(C)OCc2ccc(CC)cc2)cc1. The van der Waals surface area contributed by atoms with Gasteiger partial charge in [0.2, 0.25) is 0 Å². The Kier molecular flexibility index (Phi) is 9.44. The van der Waals surface area contributed by atoms with E-state index in [1.165, 1.54) is 22.3 Å². The zero-order chi connectivity index (χ0) is 23.1. The molecule has 0 unspecified atom stereocenters. The molecule has 0 aliphatic carbocycles. The molecule has 0 heterocycles. The van der Waals surface area contributed by atoms with Crippen LogP contribution in [0.25, 0.3) is 0 Å². The van der Waals surface area contributed by atoms with Crippen molar-refractivity contribution >= 4 is 25.7 Å². The van der Waals surface area contributed by atoms with Crippen LogP contribution in [0.15, 0.2) is 48.5 Å². The molecule has 0 spiro atoms. The van der Waals surface area contributed by atoms with E-state index < -0.39 is 25.7 Å². The molecule has 172 valence electrons. The second kappa shape index (κ2) is 11.2. The second-order valence-electron chi connectivity index (χ2n) is 9.32. The van der Waals surface area contributed by atoms with Crippen molar-refractivity contribution in [1.82, 2.24) is 0 Å². The first-order valence-electron chi connectivity index (χ1n) is 11.3. The summed E-state index contributed by atoms with van der Waals surface area (Å²) in [5.74, 6) is 0. The van der Waals surface area contributed by atoms with E-state index in [-0.39, 0.29) is 0 Å². The van der Waals surface area contributed by atoms with E-state index in [2.05, 4.69) is 102 Å². The summed E-state index contributed by atoms with van der Waals surface area (Å²) in [4.78, 5) is 0. The average molecular weight is 477 g/mol. The molecule has 4 nitrogen and oxygen atoms in total. The van der Waals surface area contributed by atoms with Gasteiger partial charge in [0.15, 0.2) is 0 Å². The third-order valence-corrected chi connectivity index (χ3v) is 14.6. The largest absolute Gasteiger partial charge is 0.415 e. The third-order valence-electron chi connectivity index (χ3n) is 5.02. The fourth-order valence-electron chi connectivity index (χ4n) is 3.52. The van der Waals surface area contributed by atoms with Crippen LogP contribution >= 0.6 is 0 Å². The number of hydrogen-bond donors (Lipinski definition) is 0. The van der Waals surface area contributed by atoms with Crippen LogP contribution in [-0.4, -0.2) is 25.7 Å². The van der Waals surface area contributed by atoms with Crippen molar-refractivity contribution in [3.05, 3.63) is 70.8 Å². The molecule has 0 saturated carbocycles. The number of hydrogen-bond acceptors (Lipinski definition) is 4. The lowest BCUT2D eigenvalue weighted by atomic mass is 10.1. The molecular weight excluding hydrogens is 437 g/mol. The first kappa shape index (κ1) is 26.2. The minimum atomic E-state index is -2.41. The maximum atomic E-state index is 6.50. The Hall–Kier alpha value is -1.07. The Morgan fingerprint density at radius 2 is 0.774 bits per heavy atom. The van der Waals surface area contributed by atoms with Gasteiger partial charge in [0.1, 0.15) is 0 Å². The predicted molar refractivity (Wildman–Crippen MR) is 136 cm³/mol. The van der Waals surface area contributed by atoms with Gasteiger partial charge in [-0.3, -0.25) is 0 Å². The highest BCUT2D eigenvalue weighted by Gasteiger charge is 2.41. The van der Waals surface area contributed by atoms with Crippen LogP contribution in [0.4, 0.5) is 0 Å². The Morgan fingerprint density at radius 3 is 1.06 bits per heavy atom. The summed E-state index contributed by atoms with van der Waals surface area (Å²) in [7, 11) is -7.08. The van der Waals surface area contributed by atoms with E-state index >= 15 is 0 Å². The van der Waals surface area contributed by atoms with E-state index in [1.54, 1.807) is 0 Å². The van der Waals surface area contributed by atoms with Crippen molar-refractivity contribution in [3.63, 3.8) is 0 Å². The molecule has 0 fully saturated rings. The van der Waals surface area contributed by atoms with Crippen LogP contribution in [0.1, 0.15) is 36.1 Å². The van der Waals surface area contributed by atoms with Gasteiger partial charge >= 0.3 is 25.7 Å². The van der Waals surface area contributed by atoms with Crippen molar-refractivity contribution in [2.75, 3.05) is 0 Å². The summed E-state index contributed by atoms with van der Waals surface area (Å²) in [6.45, 7) is 18.0. The number of rotatable bonds is 12. The van der Waals surface area contributed by atoms with Crippen LogP contribution in [-0.2, 0) is 43.1 Å². The van der Waals surface area contributed by atoms with Gasteiger partial charge in [-0.05, 0) is 74.4 Å². The Morgan fingerprint density at radius 1 is 0.484 bits per heavy atom. The molecule has 0 aromatic heterocycles. The van der Waals surface area contributed by atoms with Gasteiger partial charge < -0.3 is 17.1 Å². The fourth-order valence-corrected chi connectivity index (χ4v) is 15.0. The zero-order valence-electron chi connectivity index (χ0n) is 20.6. The van der Waals surface area contributed by atoms with Gasteiger partial charge in [-0.2, -0.15) is 0 Å². The Labute approximate surface area is 192 Å². The minimum Gasteiger partial charge on any atom is -0.415 e. The molecule has 0 aliphatic heterocycles. The number of aryl methyl sites for hydroxylation is 2. The highest BCUT2D eigenvalue weighted by molar-refractivity contribution is 6.84. The molecule has 0 bridgehead atoms. The van der Waals surface area contributed by atoms with Gasteiger partial charge in [0, 0.05) is 0 Å². The Bertz CT molecular complexity index is 735. The van der Waals surface area contributed by atoms with E-state index in [0.717, 1.165) is 12.8 Å². The van der Waals surface area contributed by atoms with Crippen LogP contribution in [0.3, 0.4) is 0 Å². The molecule has 7 heteroatoms. The third kappa shape index (κ3) is 9.53. The average Bonchev–Trinajstić information content (AvgIpc) is 2.70. The van der Waals surface area contributed by atoms with Gasteiger partial charge in [-0.15, -0.1) is 0 Å². The second-order valence-corrected chi connectivity index (χ2v) is 19.9. The van der Waals surface area contributed by atoms with Crippen molar-refractivity contribution in [1.29, 1.82) is 0 Å². The lowest BCUT2D eigenvalue weighted by Gasteiger charge is -2.37. The van der Waals surface area contributed by atoms with Crippen LogP contribution in [0.2, 0.25) is 39.3 Å². The molecular formula is C24H40O4Si3. The van der Waals surface area contributed by atoms with E-state index in [1.807, 2.05) is 0 Å². The molecule has 2 rings (SSSR count). The summed E-state index contributed by atoms with van der Waals surface area (Å²) < 4.78 is 25.5. The molecule has 0 atom stereocenters. The first-order valence-corrected chi connectivity index (χ1v) is 19.7. The van der Waals surface area contributed by atoms with Gasteiger partial charge in [0.25, 0.3) is 0 Å². The van der Waals surface area contributed by atoms with Crippen molar-refractivity contribution in [2.45, 2.75) is 79.2 Å². The maximum Gasteiger partial charge on any atom is 0.323 e. The Balaban J connectivity index is 1.87. The van der Waals surface area contributed by atoms with E-state index in [9.17, 15) is 0 Å². The zero-order valence-corrected chi connectivity index (χ0v) is 23.6. The quantitative estimate of drug-likeness (QED) is 0.320. The fraction of sp³-hybridized carbons (Fsp3) is 0.500. The lowest BCUT2D eigenvalue weighted by molar-refractivity contribution is 0.195. The topological polar surface area (TPSA) is 36.9 Å². The van der Waals surface area contributed by atoms with E-state index in [4.69, 9.17) is 17.1 Å². The molecule has 0 N–H and O–H groups in total. The molecule has 2 aromatic carbocycles. The summed E-state index contributed by atoms with van der Waals surface area (Å²) in [6.07, 6.45) is 2.10. The van der Waals surface area contributed by atoms with Crippen molar-refractivity contribution < 1.29 is 17.1 Å². The van der Waals surface area contributed by atoms with Crippen molar-refractivity contribution in [2.24, 2.45) is 0 Å². The summed E-state index contributed by atoms with van der Waals surface area (Å²) >= 11 is 0. The van der Waals surface area contributed by atoms with Crippen LogP contribution < -0.4 is 0 Å². The molecule has 0 saturated heterocycles. The smallest absolute Gasteiger partial charge is 0.323 e. The number of benzene rings is 2. The molecule has 0 aliphatic rings. The van der Waals surface area contributed by atoms with Gasteiger partial charge in [0.05, 0.1) is 13.2 Å². The van der Waals surface area contributed by atoms with E-state index in [0.29, 0.717) is 13.2 Å². The lowest BCUT2D eigenvalue weighted by Crippen LogP contribution is -2.54. The van der Waals surface area contributed by atoms with Crippen molar-refractivity contribution in [3.8, 4) is 0 Å². The summed E-state index contributed by atoms with van der Waals surface area (Å²) in [5.41, 5.74) is 5.03.